The summed E-state index contributed by atoms with van der Waals surface area (Å²) in [5, 5.41) is 3.41. The lowest BCUT2D eigenvalue weighted by atomic mass is 10.2. The molecule has 104 valence electrons. The van der Waals surface area contributed by atoms with Gasteiger partial charge in [-0.25, -0.2) is 0 Å². The molecule has 0 aromatic heterocycles. The fraction of sp³-hybridized carbons (Fsp3) is 0.500. The van der Waals surface area contributed by atoms with E-state index in [1.807, 2.05) is 23.1 Å². The number of methoxy groups -OCH3 is 1. The van der Waals surface area contributed by atoms with Crippen LogP contribution in [0.2, 0.25) is 0 Å². The number of nitrogens with one attached hydrogen (secondary N) is 1. The Morgan fingerprint density at radius 2 is 2.21 bits per heavy atom. The summed E-state index contributed by atoms with van der Waals surface area (Å²) in [6.07, 6.45) is 0.557. The fourth-order valence-electron chi connectivity index (χ4n) is 2.36. The number of hydrogen-bond acceptors (Lipinski definition) is 3. The van der Waals surface area contributed by atoms with E-state index in [-0.39, 0.29) is 11.9 Å². The molecule has 1 saturated heterocycles. The van der Waals surface area contributed by atoms with Gasteiger partial charge in [-0.15, -0.1) is 0 Å². The third-order valence-electron chi connectivity index (χ3n) is 3.14. The Balaban J connectivity index is 2.14. The highest BCUT2D eigenvalue weighted by atomic mass is 79.9. The molecule has 19 heavy (non-hydrogen) atoms. The van der Waals surface area contributed by atoms with Crippen LogP contribution in [0.15, 0.2) is 22.7 Å². The lowest BCUT2D eigenvalue weighted by molar-refractivity contribution is -0.117. The molecule has 0 aliphatic carbocycles. The smallest absolute Gasteiger partial charge is 0.228 e. The Morgan fingerprint density at radius 3 is 2.79 bits per heavy atom. The first kappa shape index (κ1) is 14.3. The van der Waals surface area contributed by atoms with Crippen LogP contribution in [-0.4, -0.2) is 31.6 Å². The molecule has 1 aromatic carbocycles. The molecule has 1 amide bonds. The topological polar surface area (TPSA) is 41.6 Å². The number of rotatable bonds is 4. The molecule has 1 N–H and O–H groups in total. The molecule has 1 fully saturated rings. The minimum Gasteiger partial charge on any atom is -0.496 e. The highest BCUT2D eigenvalue weighted by Gasteiger charge is 2.30. The first-order chi connectivity index (χ1) is 9.01. The Morgan fingerprint density at radius 1 is 1.47 bits per heavy atom. The number of amides is 1. The molecule has 0 radical (unpaired) electrons. The lowest BCUT2D eigenvalue weighted by Gasteiger charge is -2.19. The minimum atomic E-state index is 0.162. The number of halogens is 1. The molecule has 1 aliphatic rings. The monoisotopic (exact) mass is 326 g/mol. The van der Waals surface area contributed by atoms with Crippen molar-refractivity contribution in [2.45, 2.75) is 32.4 Å². The number of anilines is 1. The van der Waals surface area contributed by atoms with Gasteiger partial charge in [-0.2, -0.15) is 0 Å². The summed E-state index contributed by atoms with van der Waals surface area (Å²) in [5.74, 6) is 0.933. The van der Waals surface area contributed by atoms with Gasteiger partial charge in [-0.05, 0) is 34.1 Å². The van der Waals surface area contributed by atoms with Gasteiger partial charge in [0.25, 0.3) is 0 Å². The van der Waals surface area contributed by atoms with E-state index < -0.39 is 0 Å². The van der Waals surface area contributed by atoms with E-state index in [2.05, 4.69) is 35.1 Å². The standard InChI is InChI=1S/C14H19BrN2O2/c1-9(2)16-10-6-14(18)17(8-10)11-4-5-13(19-3)12(15)7-11/h4-5,7,9-10,16H,6,8H2,1-3H3. The van der Waals surface area contributed by atoms with Crippen LogP contribution in [0, 0.1) is 0 Å². The van der Waals surface area contributed by atoms with Crippen LogP contribution in [-0.2, 0) is 4.79 Å². The number of carbonyl (C=O) groups is 1. The average molecular weight is 327 g/mol. The van der Waals surface area contributed by atoms with Gasteiger partial charge in [0, 0.05) is 30.7 Å². The molecule has 0 bridgehead atoms. The van der Waals surface area contributed by atoms with Crippen molar-refractivity contribution >= 4 is 27.5 Å². The van der Waals surface area contributed by atoms with E-state index in [1.165, 1.54) is 0 Å². The highest BCUT2D eigenvalue weighted by molar-refractivity contribution is 9.10. The predicted octanol–water partition coefficient (Wildman–Crippen LogP) is 2.56. The van der Waals surface area contributed by atoms with Crippen LogP contribution in [0.4, 0.5) is 5.69 Å². The maximum atomic E-state index is 12.1. The Kier molecular flexibility index (Phi) is 4.47. The maximum Gasteiger partial charge on any atom is 0.228 e. The molecular weight excluding hydrogens is 308 g/mol. The second-order valence-corrected chi connectivity index (χ2v) is 5.90. The summed E-state index contributed by atoms with van der Waals surface area (Å²) in [4.78, 5) is 13.9. The molecule has 5 heteroatoms. The van der Waals surface area contributed by atoms with Gasteiger partial charge in [0.1, 0.15) is 5.75 Å². The Bertz CT molecular complexity index is 477. The molecule has 0 spiro atoms. The van der Waals surface area contributed by atoms with E-state index in [0.717, 1.165) is 22.5 Å². The minimum absolute atomic E-state index is 0.162. The number of nitrogens with zero attached hydrogens (tertiary/aromatic N) is 1. The van der Waals surface area contributed by atoms with Crippen molar-refractivity contribution in [1.82, 2.24) is 5.32 Å². The average Bonchev–Trinajstić information content (AvgIpc) is 2.69. The van der Waals surface area contributed by atoms with Crippen LogP contribution < -0.4 is 15.0 Å². The van der Waals surface area contributed by atoms with Crippen molar-refractivity contribution in [2.24, 2.45) is 0 Å². The summed E-state index contributed by atoms with van der Waals surface area (Å²) >= 11 is 3.45. The first-order valence-electron chi connectivity index (χ1n) is 6.41. The predicted molar refractivity (Wildman–Crippen MR) is 79.7 cm³/mol. The van der Waals surface area contributed by atoms with Crippen LogP contribution in [0.25, 0.3) is 0 Å². The van der Waals surface area contributed by atoms with Crippen LogP contribution >= 0.6 is 15.9 Å². The molecule has 1 unspecified atom stereocenters. The summed E-state index contributed by atoms with van der Waals surface area (Å²) in [5.41, 5.74) is 0.908. The number of ether oxygens (including phenoxy) is 1. The van der Waals surface area contributed by atoms with Crippen LogP contribution in [0.5, 0.6) is 5.75 Å². The third-order valence-corrected chi connectivity index (χ3v) is 3.76. The van der Waals surface area contributed by atoms with E-state index in [4.69, 9.17) is 4.74 Å². The first-order valence-corrected chi connectivity index (χ1v) is 7.20. The molecule has 2 rings (SSSR count). The fourth-order valence-corrected chi connectivity index (χ4v) is 2.89. The largest absolute Gasteiger partial charge is 0.496 e. The maximum absolute atomic E-state index is 12.1. The Hall–Kier alpha value is -1.07. The molecule has 1 aliphatic heterocycles. The second kappa shape index (κ2) is 5.92. The van der Waals surface area contributed by atoms with Gasteiger partial charge < -0.3 is 15.0 Å². The van der Waals surface area contributed by atoms with Gasteiger partial charge >= 0.3 is 0 Å². The van der Waals surface area contributed by atoms with Crippen molar-refractivity contribution in [2.75, 3.05) is 18.6 Å². The lowest BCUT2D eigenvalue weighted by Crippen LogP contribution is -2.37. The number of benzene rings is 1. The zero-order valence-corrected chi connectivity index (χ0v) is 13.0. The van der Waals surface area contributed by atoms with E-state index in [1.54, 1.807) is 7.11 Å². The van der Waals surface area contributed by atoms with Crippen molar-refractivity contribution in [3.63, 3.8) is 0 Å². The van der Waals surface area contributed by atoms with Gasteiger partial charge in [-0.3, -0.25) is 4.79 Å². The zero-order chi connectivity index (χ0) is 14.0. The highest BCUT2D eigenvalue weighted by Crippen LogP contribution is 2.31. The molecule has 1 heterocycles. The summed E-state index contributed by atoms with van der Waals surface area (Å²) in [7, 11) is 1.63. The third kappa shape index (κ3) is 3.28. The summed E-state index contributed by atoms with van der Waals surface area (Å²) in [6.45, 7) is 4.91. The zero-order valence-electron chi connectivity index (χ0n) is 11.4. The molecule has 1 atom stereocenters. The van der Waals surface area contributed by atoms with Gasteiger partial charge in [-0.1, -0.05) is 13.8 Å². The van der Waals surface area contributed by atoms with Gasteiger partial charge in [0.2, 0.25) is 5.91 Å². The van der Waals surface area contributed by atoms with Crippen molar-refractivity contribution in [3.05, 3.63) is 22.7 Å². The molecule has 0 saturated carbocycles. The number of carbonyl (C=O) groups excluding carboxylic acids is 1. The van der Waals surface area contributed by atoms with E-state index in [9.17, 15) is 4.79 Å². The molecular formula is C14H19BrN2O2. The summed E-state index contributed by atoms with van der Waals surface area (Å²) in [6, 6.07) is 6.33. The van der Waals surface area contributed by atoms with Crippen LogP contribution in [0.3, 0.4) is 0 Å². The van der Waals surface area contributed by atoms with Gasteiger partial charge in [0.15, 0.2) is 0 Å². The van der Waals surface area contributed by atoms with Crippen molar-refractivity contribution in [1.29, 1.82) is 0 Å². The summed E-state index contributed by atoms with van der Waals surface area (Å²) < 4.78 is 6.06. The van der Waals surface area contributed by atoms with E-state index >= 15 is 0 Å². The molecule has 4 nitrogen and oxygen atoms in total. The molecule has 1 aromatic rings. The number of hydrogen-bond donors (Lipinski definition) is 1. The normalized spacial score (nSPS) is 19.3. The SMILES string of the molecule is COc1ccc(N2CC(NC(C)C)CC2=O)cc1Br. The second-order valence-electron chi connectivity index (χ2n) is 5.05. The van der Waals surface area contributed by atoms with Crippen molar-refractivity contribution < 1.29 is 9.53 Å². The quantitative estimate of drug-likeness (QED) is 0.924. The van der Waals surface area contributed by atoms with Crippen molar-refractivity contribution in [3.8, 4) is 5.75 Å². The Labute approximate surface area is 122 Å². The van der Waals surface area contributed by atoms with Crippen LogP contribution in [0.1, 0.15) is 20.3 Å². The van der Waals surface area contributed by atoms with E-state index in [0.29, 0.717) is 12.5 Å². The van der Waals surface area contributed by atoms with Gasteiger partial charge in [0.05, 0.1) is 11.6 Å².